The molecular weight excluding hydrogens is 415 g/mol. The van der Waals surface area contributed by atoms with Crippen LogP contribution in [-0.4, -0.2) is 20.5 Å². The molecule has 3 rings (SSSR count). The first-order chi connectivity index (χ1) is 11.5. The Labute approximate surface area is 154 Å². The average molecular weight is 434 g/mol. The van der Waals surface area contributed by atoms with Crippen LogP contribution in [0.4, 0.5) is 5.69 Å². The van der Waals surface area contributed by atoms with Gasteiger partial charge < -0.3 is 5.32 Å². The van der Waals surface area contributed by atoms with E-state index in [1.807, 2.05) is 55.6 Å². The predicted octanol–water partition coefficient (Wildman–Crippen LogP) is 3.83. The topological polar surface area (TPSA) is 59.3 Å². The van der Waals surface area contributed by atoms with Crippen LogP contribution >= 0.6 is 22.6 Å². The van der Waals surface area contributed by atoms with Gasteiger partial charge in [-0.2, -0.15) is 5.10 Å². The molecule has 0 unspecified atom stereocenters. The van der Waals surface area contributed by atoms with Crippen LogP contribution < -0.4 is 5.32 Å². The number of anilines is 1. The molecule has 0 saturated carbocycles. The van der Waals surface area contributed by atoms with Gasteiger partial charge in [0.2, 0.25) is 5.91 Å². The van der Waals surface area contributed by atoms with Crippen LogP contribution in [0.15, 0.2) is 30.3 Å². The Morgan fingerprint density at radius 3 is 2.75 bits per heavy atom. The zero-order chi connectivity index (χ0) is 17.3. The summed E-state index contributed by atoms with van der Waals surface area (Å²) in [4.78, 5) is 16.9. The summed E-state index contributed by atoms with van der Waals surface area (Å²) in [5.74, 6) is 0.00894. The highest BCUT2D eigenvalue weighted by Crippen LogP contribution is 2.19. The fourth-order valence-electron chi connectivity index (χ4n) is 2.82. The average Bonchev–Trinajstić information content (AvgIpc) is 2.90. The van der Waals surface area contributed by atoms with Gasteiger partial charge >= 0.3 is 0 Å². The van der Waals surface area contributed by atoms with Crippen LogP contribution in [0.3, 0.4) is 0 Å². The number of halogens is 1. The minimum Gasteiger partial charge on any atom is -0.325 e. The van der Waals surface area contributed by atoms with Gasteiger partial charge in [-0.3, -0.25) is 4.79 Å². The number of rotatable bonds is 4. The molecule has 6 heteroatoms. The van der Waals surface area contributed by atoms with Crippen molar-refractivity contribution in [1.29, 1.82) is 0 Å². The molecule has 1 amide bonds. The number of carbonyl (C=O) groups is 1. The van der Waals surface area contributed by atoms with Crippen LogP contribution in [0.5, 0.6) is 0 Å². The standard InChI is InChI=1S/C18H19IN4O/c1-11-10-17-20-12(2)14(13(3)23(17)22-11)8-9-18(24)21-16-7-5-4-6-15(16)19/h4-7,10H,8-9H2,1-3H3,(H,21,24). The van der Waals surface area contributed by atoms with Crippen molar-refractivity contribution in [1.82, 2.24) is 14.6 Å². The van der Waals surface area contributed by atoms with Crippen LogP contribution in [0, 0.1) is 24.3 Å². The summed E-state index contributed by atoms with van der Waals surface area (Å²) in [7, 11) is 0. The Bertz CT molecular complexity index is 917. The molecule has 0 bridgehead atoms. The monoisotopic (exact) mass is 434 g/mol. The van der Waals surface area contributed by atoms with E-state index in [1.54, 1.807) is 0 Å². The normalized spacial score (nSPS) is 11.0. The number of nitrogens with one attached hydrogen (secondary N) is 1. The van der Waals surface area contributed by atoms with Gasteiger partial charge in [0.05, 0.1) is 11.4 Å². The van der Waals surface area contributed by atoms with Crippen molar-refractivity contribution in [3.63, 3.8) is 0 Å². The van der Waals surface area contributed by atoms with Gasteiger partial charge in [0.25, 0.3) is 0 Å². The highest BCUT2D eigenvalue weighted by atomic mass is 127. The lowest BCUT2D eigenvalue weighted by molar-refractivity contribution is -0.116. The quantitative estimate of drug-likeness (QED) is 0.636. The van der Waals surface area contributed by atoms with E-state index >= 15 is 0 Å². The molecule has 2 aromatic heterocycles. The van der Waals surface area contributed by atoms with Crippen molar-refractivity contribution in [3.05, 3.63) is 56.5 Å². The summed E-state index contributed by atoms with van der Waals surface area (Å²) >= 11 is 2.22. The van der Waals surface area contributed by atoms with E-state index in [9.17, 15) is 4.79 Å². The van der Waals surface area contributed by atoms with E-state index in [0.29, 0.717) is 12.8 Å². The second kappa shape index (κ2) is 6.88. The zero-order valence-corrected chi connectivity index (χ0v) is 16.1. The summed E-state index contributed by atoms with van der Waals surface area (Å²) in [5.41, 5.74) is 5.75. The van der Waals surface area contributed by atoms with Gasteiger partial charge in [-0.1, -0.05) is 12.1 Å². The summed E-state index contributed by atoms with van der Waals surface area (Å²) in [6.07, 6.45) is 1.06. The summed E-state index contributed by atoms with van der Waals surface area (Å²) < 4.78 is 2.89. The van der Waals surface area contributed by atoms with Crippen LogP contribution in [-0.2, 0) is 11.2 Å². The summed E-state index contributed by atoms with van der Waals surface area (Å²) in [6.45, 7) is 5.97. The number of carbonyl (C=O) groups excluding carboxylic acids is 1. The lowest BCUT2D eigenvalue weighted by Crippen LogP contribution is -2.15. The van der Waals surface area contributed by atoms with Crippen molar-refractivity contribution < 1.29 is 4.79 Å². The van der Waals surface area contributed by atoms with E-state index in [-0.39, 0.29) is 5.91 Å². The van der Waals surface area contributed by atoms with Crippen molar-refractivity contribution in [2.24, 2.45) is 0 Å². The number of benzene rings is 1. The third-order valence-electron chi connectivity index (χ3n) is 4.04. The number of amides is 1. The van der Waals surface area contributed by atoms with Crippen molar-refractivity contribution in [2.75, 3.05) is 5.32 Å². The van der Waals surface area contributed by atoms with Crippen molar-refractivity contribution in [2.45, 2.75) is 33.6 Å². The smallest absolute Gasteiger partial charge is 0.224 e. The van der Waals surface area contributed by atoms with E-state index in [2.05, 4.69) is 38.0 Å². The van der Waals surface area contributed by atoms with Crippen LogP contribution in [0.1, 0.15) is 29.1 Å². The molecule has 0 fully saturated rings. The highest BCUT2D eigenvalue weighted by molar-refractivity contribution is 14.1. The molecule has 1 aromatic carbocycles. The van der Waals surface area contributed by atoms with Crippen LogP contribution in [0.25, 0.3) is 5.65 Å². The van der Waals surface area contributed by atoms with E-state index in [4.69, 9.17) is 0 Å². The number of aryl methyl sites for hydroxylation is 3. The lowest BCUT2D eigenvalue weighted by Gasteiger charge is -2.11. The number of aromatic nitrogens is 3. The maximum atomic E-state index is 12.3. The summed E-state index contributed by atoms with van der Waals surface area (Å²) in [5, 5.41) is 7.44. The third kappa shape index (κ3) is 3.43. The number of fused-ring (bicyclic) bond motifs is 1. The number of para-hydroxylation sites is 1. The Morgan fingerprint density at radius 2 is 2.00 bits per heavy atom. The second-order valence-corrected chi connectivity index (χ2v) is 7.01. The Hall–Kier alpha value is -1.96. The first-order valence-corrected chi connectivity index (χ1v) is 8.90. The fourth-order valence-corrected chi connectivity index (χ4v) is 3.34. The predicted molar refractivity (Wildman–Crippen MR) is 103 cm³/mol. The molecule has 124 valence electrons. The number of hydrogen-bond donors (Lipinski definition) is 1. The molecule has 24 heavy (non-hydrogen) atoms. The largest absolute Gasteiger partial charge is 0.325 e. The molecule has 2 heterocycles. The molecule has 0 aliphatic rings. The zero-order valence-electron chi connectivity index (χ0n) is 13.9. The summed E-state index contributed by atoms with van der Waals surface area (Å²) in [6, 6.07) is 9.73. The van der Waals surface area contributed by atoms with E-state index < -0.39 is 0 Å². The minimum atomic E-state index is 0.00894. The van der Waals surface area contributed by atoms with Gasteiger partial charge in [0, 0.05) is 27.4 Å². The fraction of sp³-hybridized carbons (Fsp3) is 0.278. The Balaban J connectivity index is 1.76. The first kappa shape index (κ1) is 16.9. The van der Waals surface area contributed by atoms with E-state index in [1.165, 1.54) is 0 Å². The highest BCUT2D eigenvalue weighted by Gasteiger charge is 2.13. The molecule has 3 aromatic rings. The molecule has 0 aliphatic carbocycles. The van der Waals surface area contributed by atoms with Gasteiger partial charge in [-0.15, -0.1) is 0 Å². The molecular formula is C18H19IN4O. The molecule has 0 atom stereocenters. The number of nitrogens with zero attached hydrogens (tertiary/aromatic N) is 3. The maximum absolute atomic E-state index is 12.3. The molecule has 0 spiro atoms. The van der Waals surface area contributed by atoms with Gasteiger partial charge in [-0.05, 0) is 67.5 Å². The lowest BCUT2D eigenvalue weighted by atomic mass is 10.1. The van der Waals surface area contributed by atoms with Gasteiger partial charge in [0.15, 0.2) is 5.65 Å². The Morgan fingerprint density at radius 1 is 1.25 bits per heavy atom. The maximum Gasteiger partial charge on any atom is 0.224 e. The molecule has 5 nitrogen and oxygen atoms in total. The SMILES string of the molecule is Cc1cc2nc(C)c(CCC(=O)Nc3ccccc3I)c(C)n2n1. The van der Waals surface area contributed by atoms with Gasteiger partial charge in [-0.25, -0.2) is 9.50 Å². The minimum absolute atomic E-state index is 0.00894. The molecule has 0 saturated heterocycles. The second-order valence-electron chi connectivity index (χ2n) is 5.84. The first-order valence-electron chi connectivity index (χ1n) is 7.82. The van der Waals surface area contributed by atoms with Gasteiger partial charge in [0.1, 0.15) is 0 Å². The third-order valence-corrected chi connectivity index (χ3v) is 4.98. The molecule has 0 aliphatic heterocycles. The molecule has 0 radical (unpaired) electrons. The van der Waals surface area contributed by atoms with Crippen molar-refractivity contribution >= 4 is 39.8 Å². The van der Waals surface area contributed by atoms with Crippen molar-refractivity contribution in [3.8, 4) is 0 Å². The van der Waals surface area contributed by atoms with Crippen LogP contribution in [0.2, 0.25) is 0 Å². The number of hydrogen-bond acceptors (Lipinski definition) is 3. The Kier molecular flexibility index (Phi) is 4.84. The van der Waals surface area contributed by atoms with E-state index in [0.717, 1.165) is 37.5 Å². The molecule has 1 N–H and O–H groups in total.